The van der Waals surface area contributed by atoms with Gasteiger partial charge in [-0.25, -0.2) is 4.39 Å². The van der Waals surface area contributed by atoms with Crippen LogP contribution in [0, 0.1) is 12.7 Å². The molecular weight excluding hydrogens is 251 g/mol. The van der Waals surface area contributed by atoms with Crippen LogP contribution in [0.2, 0.25) is 0 Å². The van der Waals surface area contributed by atoms with Crippen LogP contribution in [0.4, 0.5) is 10.1 Å². The molecule has 0 bridgehead atoms. The molecule has 0 unspecified atom stereocenters. The lowest BCUT2D eigenvalue weighted by Gasteiger charge is -2.22. The third-order valence-electron chi connectivity index (χ3n) is 4.00. The van der Waals surface area contributed by atoms with Gasteiger partial charge in [0, 0.05) is 30.9 Å². The lowest BCUT2D eigenvalue weighted by molar-refractivity contribution is 0.589. The van der Waals surface area contributed by atoms with Gasteiger partial charge in [0.15, 0.2) is 0 Å². The normalized spacial score (nSPS) is 14.6. The summed E-state index contributed by atoms with van der Waals surface area (Å²) in [6.07, 6.45) is 7.01. The van der Waals surface area contributed by atoms with E-state index in [0.29, 0.717) is 0 Å². The second kappa shape index (κ2) is 7.32. The van der Waals surface area contributed by atoms with E-state index in [9.17, 15) is 4.39 Å². The maximum absolute atomic E-state index is 14.4. The maximum Gasteiger partial charge on any atom is 0.131 e. The summed E-state index contributed by atoms with van der Waals surface area (Å²) >= 11 is 0. The maximum atomic E-state index is 14.4. The fourth-order valence-electron chi connectivity index (χ4n) is 2.85. The molecule has 1 heterocycles. The minimum Gasteiger partial charge on any atom is -0.391 e. The van der Waals surface area contributed by atoms with E-state index in [-0.39, 0.29) is 5.82 Å². The SMILES string of the molecule is C=CNCCCCc1c(N2CCCC2)ccc(C)c1F. The van der Waals surface area contributed by atoms with E-state index in [2.05, 4.69) is 22.9 Å². The fourth-order valence-corrected chi connectivity index (χ4v) is 2.85. The molecule has 1 aliphatic heterocycles. The van der Waals surface area contributed by atoms with E-state index >= 15 is 0 Å². The summed E-state index contributed by atoms with van der Waals surface area (Å²) in [5, 5.41) is 3.09. The second-order valence-electron chi connectivity index (χ2n) is 5.50. The molecule has 1 aromatic carbocycles. The van der Waals surface area contributed by atoms with Gasteiger partial charge in [0.05, 0.1) is 0 Å². The largest absolute Gasteiger partial charge is 0.391 e. The first kappa shape index (κ1) is 14.9. The molecule has 0 aromatic heterocycles. The summed E-state index contributed by atoms with van der Waals surface area (Å²) in [6.45, 7) is 8.52. The van der Waals surface area contributed by atoms with Crippen LogP contribution >= 0.6 is 0 Å². The van der Waals surface area contributed by atoms with Crippen molar-refractivity contribution in [3.8, 4) is 0 Å². The molecule has 110 valence electrons. The molecule has 0 atom stereocenters. The lowest BCUT2D eigenvalue weighted by atomic mass is 10.0. The number of benzene rings is 1. The van der Waals surface area contributed by atoms with Gasteiger partial charge >= 0.3 is 0 Å². The van der Waals surface area contributed by atoms with Crippen LogP contribution in [-0.4, -0.2) is 19.6 Å². The lowest BCUT2D eigenvalue weighted by Crippen LogP contribution is -2.20. The second-order valence-corrected chi connectivity index (χ2v) is 5.50. The minimum absolute atomic E-state index is 0.00826. The third kappa shape index (κ3) is 3.53. The molecule has 1 N–H and O–H groups in total. The first-order valence-corrected chi connectivity index (χ1v) is 7.61. The number of aryl methyl sites for hydroxylation is 1. The Balaban J connectivity index is 2.07. The Hall–Kier alpha value is -1.51. The van der Waals surface area contributed by atoms with Crippen LogP contribution in [-0.2, 0) is 6.42 Å². The topological polar surface area (TPSA) is 15.3 Å². The van der Waals surface area contributed by atoms with Gasteiger partial charge in [-0.05, 0) is 56.9 Å². The molecule has 20 heavy (non-hydrogen) atoms. The summed E-state index contributed by atoms with van der Waals surface area (Å²) in [7, 11) is 0. The standard InChI is InChI=1S/C17H25FN2/c1-3-19-11-5-4-8-15-16(20-12-6-7-13-20)10-9-14(2)17(15)18/h3,9-10,19H,1,4-8,11-13H2,2H3. The van der Waals surface area contributed by atoms with E-state index in [0.717, 1.165) is 55.7 Å². The van der Waals surface area contributed by atoms with Crippen molar-refractivity contribution in [1.29, 1.82) is 0 Å². The zero-order valence-corrected chi connectivity index (χ0v) is 12.4. The van der Waals surface area contributed by atoms with Gasteiger partial charge in [0.2, 0.25) is 0 Å². The van der Waals surface area contributed by atoms with Gasteiger partial charge in [-0.3, -0.25) is 0 Å². The van der Waals surface area contributed by atoms with Gasteiger partial charge in [0.1, 0.15) is 5.82 Å². The summed E-state index contributed by atoms with van der Waals surface area (Å²) in [4.78, 5) is 2.33. The van der Waals surface area contributed by atoms with Crippen molar-refractivity contribution in [1.82, 2.24) is 5.32 Å². The first-order valence-electron chi connectivity index (χ1n) is 7.61. The van der Waals surface area contributed by atoms with Gasteiger partial charge in [-0.15, -0.1) is 0 Å². The van der Waals surface area contributed by atoms with Gasteiger partial charge < -0.3 is 10.2 Å². The number of hydrogen-bond donors (Lipinski definition) is 1. The molecule has 0 saturated carbocycles. The van der Waals surface area contributed by atoms with Crippen molar-refractivity contribution in [2.75, 3.05) is 24.5 Å². The molecule has 1 fully saturated rings. The quantitative estimate of drug-likeness (QED) is 0.762. The van der Waals surface area contributed by atoms with Crippen molar-refractivity contribution >= 4 is 5.69 Å². The number of halogens is 1. The van der Waals surface area contributed by atoms with Crippen LogP contribution < -0.4 is 10.2 Å². The highest BCUT2D eigenvalue weighted by Crippen LogP contribution is 2.29. The van der Waals surface area contributed by atoms with Crippen LogP contribution in [0.1, 0.15) is 36.8 Å². The summed E-state index contributed by atoms with van der Waals surface area (Å²) in [5.41, 5.74) is 2.78. The molecule has 1 saturated heterocycles. The predicted octanol–water partition coefficient (Wildman–Crippen LogP) is 3.79. The molecule has 1 aliphatic rings. The molecule has 3 heteroatoms. The average molecular weight is 276 g/mol. The average Bonchev–Trinajstić information content (AvgIpc) is 2.97. The number of nitrogens with one attached hydrogen (secondary N) is 1. The molecule has 0 amide bonds. The fraction of sp³-hybridized carbons (Fsp3) is 0.529. The zero-order chi connectivity index (χ0) is 14.4. The Kier molecular flexibility index (Phi) is 5.45. The summed E-state index contributed by atoms with van der Waals surface area (Å²) in [5.74, 6) is -0.00826. The highest BCUT2D eigenvalue weighted by molar-refractivity contribution is 5.56. The molecule has 0 spiro atoms. The smallest absolute Gasteiger partial charge is 0.131 e. The van der Waals surface area contributed by atoms with Crippen LogP contribution in [0.3, 0.4) is 0 Å². The molecule has 0 aliphatic carbocycles. The Morgan fingerprint density at radius 3 is 2.75 bits per heavy atom. The highest BCUT2D eigenvalue weighted by Gasteiger charge is 2.18. The number of unbranched alkanes of at least 4 members (excludes halogenated alkanes) is 1. The molecular formula is C17H25FN2. The zero-order valence-electron chi connectivity index (χ0n) is 12.4. The number of rotatable bonds is 7. The minimum atomic E-state index is -0.00826. The summed E-state index contributed by atoms with van der Waals surface area (Å²) in [6, 6.07) is 4.01. The van der Waals surface area contributed by atoms with E-state index < -0.39 is 0 Å². The van der Waals surface area contributed by atoms with Crippen LogP contribution in [0.15, 0.2) is 24.9 Å². The van der Waals surface area contributed by atoms with Crippen LogP contribution in [0.5, 0.6) is 0 Å². The Bertz CT molecular complexity index is 451. The Labute approximate surface area is 121 Å². The van der Waals surface area contributed by atoms with Crippen LogP contribution in [0.25, 0.3) is 0 Å². The first-order chi connectivity index (χ1) is 9.74. The van der Waals surface area contributed by atoms with E-state index in [1.807, 2.05) is 13.0 Å². The monoisotopic (exact) mass is 276 g/mol. The predicted molar refractivity (Wildman–Crippen MR) is 83.7 cm³/mol. The van der Waals surface area contributed by atoms with Gasteiger partial charge in [-0.1, -0.05) is 12.6 Å². The number of anilines is 1. The van der Waals surface area contributed by atoms with E-state index in [4.69, 9.17) is 0 Å². The number of hydrogen-bond acceptors (Lipinski definition) is 2. The van der Waals surface area contributed by atoms with Gasteiger partial charge in [0.25, 0.3) is 0 Å². The Morgan fingerprint density at radius 2 is 2.05 bits per heavy atom. The summed E-state index contributed by atoms with van der Waals surface area (Å²) < 4.78 is 14.4. The van der Waals surface area contributed by atoms with Crippen molar-refractivity contribution < 1.29 is 4.39 Å². The molecule has 2 nitrogen and oxygen atoms in total. The molecule has 2 rings (SSSR count). The molecule has 0 radical (unpaired) electrons. The van der Waals surface area contributed by atoms with Crippen molar-refractivity contribution in [2.45, 2.75) is 39.0 Å². The molecule has 1 aromatic rings. The van der Waals surface area contributed by atoms with E-state index in [1.54, 1.807) is 6.20 Å². The highest BCUT2D eigenvalue weighted by atomic mass is 19.1. The van der Waals surface area contributed by atoms with Crippen molar-refractivity contribution in [3.63, 3.8) is 0 Å². The Morgan fingerprint density at radius 1 is 1.30 bits per heavy atom. The van der Waals surface area contributed by atoms with Crippen molar-refractivity contribution in [2.24, 2.45) is 0 Å². The van der Waals surface area contributed by atoms with Gasteiger partial charge in [-0.2, -0.15) is 0 Å². The number of nitrogens with zero attached hydrogens (tertiary/aromatic N) is 1. The van der Waals surface area contributed by atoms with E-state index in [1.165, 1.54) is 12.8 Å². The van der Waals surface area contributed by atoms with Crippen molar-refractivity contribution in [3.05, 3.63) is 41.9 Å². The third-order valence-corrected chi connectivity index (χ3v) is 4.00.